The second-order valence-corrected chi connectivity index (χ2v) is 6.91. The molecule has 2 aromatic rings. The number of nitrogens with zero attached hydrogens (tertiary/aromatic N) is 4. The molecule has 1 aliphatic rings. The monoisotopic (exact) mass is 328 g/mol. The number of aromatic nitrogens is 3. The van der Waals surface area contributed by atoms with Gasteiger partial charge in [0.1, 0.15) is 11.6 Å². The van der Waals surface area contributed by atoms with Gasteiger partial charge in [-0.25, -0.2) is 9.97 Å². The zero-order valence-electron chi connectivity index (χ0n) is 14.8. The van der Waals surface area contributed by atoms with Gasteiger partial charge in [-0.15, -0.1) is 0 Å². The second-order valence-electron chi connectivity index (χ2n) is 6.91. The van der Waals surface area contributed by atoms with Crippen LogP contribution in [0, 0.1) is 19.8 Å². The van der Waals surface area contributed by atoms with Gasteiger partial charge in [-0.05, 0) is 26.2 Å². The van der Waals surface area contributed by atoms with Gasteiger partial charge in [0, 0.05) is 36.7 Å². The van der Waals surface area contributed by atoms with E-state index in [4.69, 9.17) is 4.52 Å². The molecular formula is C18H24N4O2. The molecular weight excluding hydrogens is 304 g/mol. The topological polar surface area (TPSA) is 72.1 Å². The maximum atomic E-state index is 12.5. The fourth-order valence-corrected chi connectivity index (χ4v) is 3.08. The van der Waals surface area contributed by atoms with E-state index >= 15 is 0 Å². The summed E-state index contributed by atoms with van der Waals surface area (Å²) in [6.07, 6.45) is 3.87. The van der Waals surface area contributed by atoms with Gasteiger partial charge in [-0.2, -0.15) is 0 Å². The normalized spacial score (nSPS) is 13.6. The average Bonchev–Trinajstić information content (AvgIpc) is 3.08. The number of carbonyl (C=O) groups excluding carboxylic acids is 1. The second kappa shape index (κ2) is 6.71. The number of aryl methyl sites for hydroxylation is 2. The quantitative estimate of drug-likeness (QED) is 0.844. The third kappa shape index (κ3) is 3.47. The third-order valence-electron chi connectivity index (χ3n) is 4.42. The summed E-state index contributed by atoms with van der Waals surface area (Å²) in [6.45, 7) is 9.30. The minimum atomic E-state index is 0.137. The van der Waals surface area contributed by atoms with Crippen molar-refractivity contribution in [1.82, 2.24) is 20.0 Å². The Balaban J connectivity index is 1.61. The lowest BCUT2D eigenvalue weighted by atomic mass is 10.1. The van der Waals surface area contributed by atoms with Gasteiger partial charge in [-0.3, -0.25) is 4.79 Å². The predicted octanol–water partition coefficient (Wildman–Crippen LogP) is 2.75. The minimum absolute atomic E-state index is 0.137. The first-order valence-corrected chi connectivity index (χ1v) is 8.47. The van der Waals surface area contributed by atoms with Crippen molar-refractivity contribution in [3.05, 3.63) is 40.3 Å². The largest absolute Gasteiger partial charge is 0.361 e. The summed E-state index contributed by atoms with van der Waals surface area (Å²) in [5.74, 6) is 2.33. The van der Waals surface area contributed by atoms with Crippen molar-refractivity contribution in [2.45, 2.75) is 60.0 Å². The third-order valence-corrected chi connectivity index (χ3v) is 4.42. The molecule has 128 valence electrons. The number of carbonyl (C=O) groups is 1. The van der Waals surface area contributed by atoms with E-state index in [1.165, 1.54) is 0 Å². The zero-order chi connectivity index (χ0) is 17.3. The molecule has 0 aromatic carbocycles. The molecule has 3 rings (SSSR count). The molecule has 3 heterocycles. The SMILES string of the molecule is Cc1noc(C)c1CCC(=O)N1Cc2cnc(CC(C)C)nc2C1. The maximum absolute atomic E-state index is 12.5. The maximum Gasteiger partial charge on any atom is 0.223 e. The number of fused-ring (bicyclic) bond motifs is 1. The Bertz CT molecular complexity index is 732. The predicted molar refractivity (Wildman–Crippen MR) is 89.1 cm³/mol. The van der Waals surface area contributed by atoms with E-state index in [1.807, 2.05) is 24.9 Å². The van der Waals surface area contributed by atoms with Crippen molar-refractivity contribution in [3.63, 3.8) is 0 Å². The Hall–Kier alpha value is -2.24. The molecule has 0 saturated heterocycles. The molecule has 24 heavy (non-hydrogen) atoms. The fourth-order valence-electron chi connectivity index (χ4n) is 3.08. The molecule has 6 nitrogen and oxygen atoms in total. The van der Waals surface area contributed by atoms with E-state index in [9.17, 15) is 4.79 Å². The molecule has 0 aliphatic carbocycles. The Labute approximate surface area is 142 Å². The van der Waals surface area contributed by atoms with Gasteiger partial charge < -0.3 is 9.42 Å². The Morgan fingerprint density at radius 2 is 2.12 bits per heavy atom. The summed E-state index contributed by atoms with van der Waals surface area (Å²) in [5, 5.41) is 3.94. The van der Waals surface area contributed by atoms with Crippen LogP contribution in [0.15, 0.2) is 10.7 Å². The van der Waals surface area contributed by atoms with Gasteiger partial charge >= 0.3 is 0 Å². The van der Waals surface area contributed by atoms with Crippen LogP contribution in [0.25, 0.3) is 0 Å². The number of hydrogen-bond donors (Lipinski definition) is 0. The van der Waals surface area contributed by atoms with Crippen LogP contribution in [0.3, 0.4) is 0 Å². The highest BCUT2D eigenvalue weighted by Gasteiger charge is 2.25. The van der Waals surface area contributed by atoms with E-state index in [0.717, 1.165) is 40.5 Å². The number of rotatable bonds is 5. The van der Waals surface area contributed by atoms with Crippen molar-refractivity contribution < 1.29 is 9.32 Å². The molecule has 2 aromatic heterocycles. The lowest BCUT2D eigenvalue weighted by molar-refractivity contribution is -0.131. The van der Waals surface area contributed by atoms with Crippen molar-refractivity contribution in [2.24, 2.45) is 5.92 Å². The Morgan fingerprint density at radius 1 is 1.33 bits per heavy atom. The molecule has 0 spiro atoms. The zero-order valence-corrected chi connectivity index (χ0v) is 14.8. The summed E-state index contributed by atoms with van der Waals surface area (Å²) in [6, 6.07) is 0. The lowest BCUT2D eigenvalue weighted by Crippen LogP contribution is -2.25. The number of amides is 1. The van der Waals surface area contributed by atoms with Gasteiger partial charge in [0.15, 0.2) is 0 Å². The van der Waals surface area contributed by atoms with Crippen LogP contribution in [0.4, 0.5) is 0 Å². The van der Waals surface area contributed by atoms with E-state index < -0.39 is 0 Å². The first-order chi connectivity index (χ1) is 11.4. The van der Waals surface area contributed by atoms with Gasteiger partial charge in [0.25, 0.3) is 0 Å². The van der Waals surface area contributed by atoms with Crippen LogP contribution < -0.4 is 0 Å². The Morgan fingerprint density at radius 3 is 2.79 bits per heavy atom. The molecule has 1 aliphatic heterocycles. The molecule has 1 amide bonds. The van der Waals surface area contributed by atoms with Crippen molar-refractivity contribution in [1.29, 1.82) is 0 Å². The molecule has 0 unspecified atom stereocenters. The van der Waals surface area contributed by atoms with Gasteiger partial charge in [0.2, 0.25) is 5.91 Å². The fraction of sp³-hybridized carbons (Fsp3) is 0.556. The molecule has 0 fully saturated rings. The summed E-state index contributed by atoms with van der Waals surface area (Å²) in [5.41, 5.74) is 3.97. The summed E-state index contributed by atoms with van der Waals surface area (Å²) in [4.78, 5) is 23.4. The minimum Gasteiger partial charge on any atom is -0.361 e. The molecule has 0 N–H and O–H groups in total. The van der Waals surface area contributed by atoms with Crippen molar-refractivity contribution in [3.8, 4) is 0 Å². The van der Waals surface area contributed by atoms with Gasteiger partial charge in [-0.1, -0.05) is 19.0 Å². The van der Waals surface area contributed by atoms with E-state index in [2.05, 4.69) is 29.0 Å². The van der Waals surface area contributed by atoms with Crippen LogP contribution in [-0.4, -0.2) is 25.9 Å². The summed E-state index contributed by atoms with van der Waals surface area (Å²) in [7, 11) is 0. The van der Waals surface area contributed by atoms with Gasteiger partial charge in [0.05, 0.1) is 17.9 Å². The molecule has 0 radical (unpaired) electrons. The van der Waals surface area contributed by atoms with Crippen LogP contribution in [0.2, 0.25) is 0 Å². The summed E-state index contributed by atoms with van der Waals surface area (Å²) < 4.78 is 5.16. The first kappa shape index (κ1) is 16.6. The van der Waals surface area contributed by atoms with E-state index in [1.54, 1.807) is 0 Å². The van der Waals surface area contributed by atoms with E-state index in [0.29, 0.717) is 31.8 Å². The van der Waals surface area contributed by atoms with Crippen LogP contribution in [0.5, 0.6) is 0 Å². The molecule has 0 bridgehead atoms. The Kier molecular flexibility index (Phi) is 4.64. The lowest BCUT2D eigenvalue weighted by Gasteiger charge is -2.14. The van der Waals surface area contributed by atoms with E-state index in [-0.39, 0.29) is 5.91 Å². The standard InChI is InChI=1S/C18H24N4O2/c1-11(2)7-17-19-8-14-9-22(10-16(14)20-17)18(23)6-5-15-12(3)21-24-13(15)4/h8,11H,5-7,9-10H2,1-4H3. The first-order valence-electron chi connectivity index (χ1n) is 8.47. The van der Waals surface area contributed by atoms with Crippen LogP contribution in [0.1, 0.15) is 54.4 Å². The highest BCUT2D eigenvalue weighted by atomic mass is 16.5. The molecule has 0 atom stereocenters. The highest BCUT2D eigenvalue weighted by molar-refractivity contribution is 5.77. The molecule has 0 saturated carbocycles. The van der Waals surface area contributed by atoms with Crippen LogP contribution in [-0.2, 0) is 30.7 Å². The number of hydrogen-bond acceptors (Lipinski definition) is 5. The van der Waals surface area contributed by atoms with Crippen LogP contribution >= 0.6 is 0 Å². The smallest absolute Gasteiger partial charge is 0.223 e. The van der Waals surface area contributed by atoms with Crippen molar-refractivity contribution in [2.75, 3.05) is 0 Å². The molecule has 6 heteroatoms. The summed E-state index contributed by atoms with van der Waals surface area (Å²) >= 11 is 0. The highest BCUT2D eigenvalue weighted by Crippen LogP contribution is 2.23. The average molecular weight is 328 g/mol. The van der Waals surface area contributed by atoms with Crippen molar-refractivity contribution >= 4 is 5.91 Å².